The lowest BCUT2D eigenvalue weighted by Crippen LogP contribution is -2.49. The molecule has 8 heteroatoms. The maximum Gasteiger partial charge on any atom is 0.532 e. The van der Waals surface area contributed by atoms with E-state index >= 15 is 0 Å². The monoisotopic (exact) mass is 425 g/mol. The highest BCUT2D eigenvalue weighted by Crippen LogP contribution is 2.39. The van der Waals surface area contributed by atoms with E-state index in [1.165, 1.54) is 4.31 Å². The van der Waals surface area contributed by atoms with Crippen molar-refractivity contribution in [2.75, 3.05) is 34.4 Å². The van der Waals surface area contributed by atoms with Gasteiger partial charge in [-0.3, -0.25) is 0 Å². The minimum Gasteiger partial charge on any atom is -0.374 e. The molecule has 1 aliphatic rings. The summed E-state index contributed by atoms with van der Waals surface area (Å²) in [6, 6.07) is 6.95. The summed E-state index contributed by atoms with van der Waals surface area (Å²) >= 11 is 0. The molecule has 156 valence electrons. The molecule has 1 aromatic carbocycles. The second-order valence-corrected chi connectivity index (χ2v) is 11.9. The van der Waals surface area contributed by atoms with Gasteiger partial charge in [-0.25, -0.2) is 8.42 Å². The van der Waals surface area contributed by atoms with E-state index in [2.05, 4.69) is 0 Å². The number of hydrogen-bond acceptors (Lipinski definition) is 5. The largest absolute Gasteiger partial charge is 0.532 e. The second kappa shape index (κ2) is 9.02. The van der Waals surface area contributed by atoms with Crippen molar-refractivity contribution in [2.24, 2.45) is 5.92 Å². The van der Waals surface area contributed by atoms with Gasteiger partial charge in [0, 0.05) is 45.5 Å². The van der Waals surface area contributed by atoms with Crippen LogP contribution in [0.3, 0.4) is 0 Å². The molecule has 2 rings (SSSR count). The van der Waals surface area contributed by atoms with Crippen molar-refractivity contribution >= 4 is 18.8 Å². The lowest BCUT2D eigenvalue weighted by atomic mass is 10.00. The zero-order valence-corrected chi connectivity index (χ0v) is 19.6. The molecule has 1 aromatic rings. The van der Waals surface area contributed by atoms with E-state index in [1.807, 2.05) is 45.9 Å². The first-order valence-electron chi connectivity index (χ1n) is 9.22. The van der Waals surface area contributed by atoms with Crippen LogP contribution in [0, 0.1) is 12.8 Å². The van der Waals surface area contributed by atoms with Gasteiger partial charge in [0.2, 0.25) is 10.0 Å². The highest BCUT2D eigenvalue weighted by Gasteiger charge is 2.50. The average Bonchev–Trinajstić information content (AvgIpc) is 3.10. The van der Waals surface area contributed by atoms with Crippen LogP contribution in [0.25, 0.3) is 0 Å². The summed E-state index contributed by atoms with van der Waals surface area (Å²) in [4.78, 5) is 0.307. The van der Waals surface area contributed by atoms with E-state index in [0.717, 1.165) is 21.9 Å². The lowest BCUT2D eigenvalue weighted by molar-refractivity contribution is 0.131. The third-order valence-corrected chi connectivity index (χ3v) is 10.2. The Balaban J connectivity index is 2.48. The van der Waals surface area contributed by atoms with Gasteiger partial charge >= 0.3 is 8.80 Å². The van der Waals surface area contributed by atoms with E-state index in [4.69, 9.17) is 13.3 Å². The standard InChI is InChI=1S/C20H31NO5SSi/c1-8-17-13-21(27(22,23)18-11-9-16(4)10-12-18)14-19(17)20(15(2)3)28(24-5,25-6)26-7/h8-12,19H,13-14H2,1-7H3/b17-8+. The molecule has 0 aliphatic carbocycles. The summed E-state index contributed by atoms with van der Waals surface area (Å²) in [7, 11) is -1.95. The molecule has 0 N–H and O–H groups in total. The number of sulfonamides is 1. The molecule has 1 fully saturated rings. The maximum absolute atomic E-state index is 13.2. The molecular formula is C20H31NO5SSi. The minimum absolute atomic E-state index is 0.137. The molecule has 6 nitrogen and oxygen atoms in total. The van der Waals surface area contributed by atoms with Crippen LogP contribution < -0.4 is 0 Å². The third-order valence-electron chi connectivity index (χ3n) is 5.25. The fourth-order valence-electron chi connectivity index (χ4n) is 3.76. The molecule has 28 heavy (non-hydrogen) atoms. The van der Waals surface area contributed by atoms with Crippen LogP contribution in [0.2, 0.25) is 0 Å². The highest BCUT2D eigenvalue weighted by atomic mass is 32.2. The summed E-state index contributed by atoms with van der Waals surface area (Å²) < 4.78 is 45.1. The van der Waals surface area contributed by atoms with Gasteiger partial charge in [-0.1, -0.05) is 34.9 Å². The Bertz CT molecular complexity index is 845. The van der Waals surface area contributed by atoms with Gasteiger partial charge in [0.25, 0.3) is 0 Å². The summed E-state index contributed by atoms with van der Waals surface area (Å²) in [5.41, 5.74) is 3.07. The topological polar surface area (TPSA) is 65.1 Å². The summed E-state index contributed by atoms with van der Waals surface area (Å²) in [6.45, 7) is 8.52. The zero-order valence-electron chi connectivity index (χ0n) is 17.8. The molecule has 0 amide bonds. The molecule has 0 aromatic heterocycles. The minimum atomic E-state index is -3.59. The van der Waals surface area contributed by atoms with Crippen LogP contribution in [0.5, 0.6) is 0 Å². The first kappa shape index (κ1) is 23.0. The first-order valence-corrected chi connectivity index (χ1v) is 12.4. The average molecular weight is 426 g/mol. The Labute approximate surface area is 170 Å². The van der Waals surface area contributed by atoms with Gasteiger partial charge in [0.1, 0.15) is 0 Å². The number of benzene rings is 1. The SMILES string of the molecule is C/C=C1\CN(S(=O)(=O)c2ccc(C)cc2)CC1C(=C(C)C)[Si](OC)(OC)OC. The molecule has 1 saturated heterocycles. The predicted octanol–water partition coefficient (Wildman–Crippen LogP) is 3.32. The molecule has 0 spiro atoms. The van der Waals surface area contributed by atoms with E-state index in [-0.39, 0.29) is 5.92 Å². The Hall–Kier alpha value is -1.29. The molecule has 1 atom stereocenters. The van der Waals surface area contributed by atoms with Crippen LogP contribution >= 0.6 is 0 Å². The van der Waals surface area contributed by atoms with E-state index < -0.39 is 18.8 Å². The Morgan fingerprint density at radius 1 is 1.11 bits per heavy atom. The van der Waals surface area contributed by atoms with Crippen LogP contribution in [0.1, 0.15) is 26.3 Å². The number of nitrogens with zero attached hydrogens (tertiary/aromatic N) is 1. The van der Waals surface area contributed by atoms with Crippen LogP contribution in [-0.4, -0.2) is 55.9 Å². The normalized spacial score (nSPS) is 20.0. The van der Waals surface area contributed by atoms with Crippen LogP contribution in [-0.2, 0) is 23.3 Å². The smallest absolute Gasteiger partial charge is 0.374 e. The van der Waals surface area contributed by atoms with E-state index in [0.29, 0.717) is 18.0 Å². The Morgan fingerprint density at radius 3 is 2.07 bits per heavy atom. The van der Waals surface area contributed by atoms with Crippen molar-refractivity contribution in [3.05, 3.63) is 52.2 Å². The summed E-state index contributed by atoms with van der Waals surface area (Å²) in [6.07, 6.45) is 1.98. The van der Waals surface area contributed by atoms with Crippen molar-refractivity contribution in [3.8, 4) is 0 Å². The van der Waals surface area contributed by atoms with Crippen molar-refractivity contribution in [1.29, 1.82) is 0 Å². The van der Waals surface area contributed by atoms with E-state index in [9.17, 15) is 8.42 Å². The Kier molecular flexibility index (Phi) is 7.41. The van der Waals surface area contributed by atoms with Crippen LogP contribution in [0.15, 0.2) is 51.6 Å². The van der Waals surface area contributed by atoms with Gasteiger partial charge in [0.15, 0.2) is 0 Å². The van der Waals surface area contributed by atoms with Gasteiger partial charge in [-0.15, -0.1) is 0 Å². The van der Waals surface area contributed by atoms with E-state index in [1.54, 1.807) is 33.5 Å². The van der Waals surface area contributed by atoms with Gasteiger partial charge in [-0.05, 0) is 39.8 Å². The summed E-state index contributed by atoms with van der Waals surface area (Å²) in [5.74, 6) is -0.137. The van der Waals surface area contributed by atoms with Gasteiger partial charge < -0.3 is 13.3 Å². The lowest BCUT2D eigenvalue weighted by Gasteiger charge is -2.32. The fraction of sp³-hybridized carbons (Fsp3) is 0.500. The fourth-order valence-corrected chi connectivity index (χ4v) is 7.68. The molecule has 1 heterocycles. The van der Waals surface area contributed by atoms with Gasteiger partial charge in [0.05, 0.1) is 4.90 Å². The second-order valence-electron chi connectivity index (χ2n) is 7.11. The van der Waals surface area contributed by atoms with Crippen molar-refractivity contribution < 1.29 is 21.7 Å². The van der Waals surface area contributed by atoms with Crippen molar-refractivity contribution in [3.63, 3.8) is 0 Å². The first-order chi connectivity index (χ1) is 13.2. The van der Waals surface area contributed by atoms with Crippen molar-refractivity contribution in [1.82, 2.24) is 4.31 Å². The number of hydrogen-bond donors (Lipinski definition) is 0. The predicted molar refractivity (Wildman–Crippen MR) is 112 cm³/mol. The highest BCUT2D eigenvalue weighted by molar-refractivity contribution is 7.89. The quantitative estimate of drug-likeness (QED) is 0.495. The maximum atomic E-state index is 13.2. The molecule has 1 aliphatic heterocycles. The molecule has 0 radical (unpaired) electrons. The number of rotatable bonds is 7. The summed E-state index contributed by atoms with van der Waals surface area (Å²) in [5, 5.41) is 0.926. The van der Waals surface area contributed by atoms with Gasteiger partial charge in [-0.2, -0.15) is 4.31 Å². The van der Waals surface area contributed by atoms with Crippen molar-refractivity contribution in [2.45, 2.75) is 32.6 Å². The van der Waals surface area contributed by atoms with Crippen LogP contribution in [0.4, 0.5) is 0 Å². The number of allylic oxidation sites excluding steroid dienone is 2. The molecule has 0 saturated carbocycles. The molecule has 0 bridgehead atoms. The third kappa shape index (κ3) is 4.17. The number of aryl methyl sites for hydroxylation is 1. The Morgan fingerprint density at radius 2 is 1.64 bits per heavy atom. The molecule has 1 unspecified atom stereocenters. The molecular weight excluding hydrogens is 394 g/mol. The zero-order chi connectivity index (χ0) is 21.1.